The fourth-order valence-corrected chi connectivity index (χ4v) is 9.29. The summed E-state index contributed by atoms with van der Waals surface area (Å²) in [6.45, 7) is 7.06. The summed E-state index contributed by atoms with van der Waals surface area (Å²) < 4.78 is 80.6. The van der Waals surface area contributed by atoms with Crippen LogP contribution in [0.4, 0.5) is 17.6 Å². The summed E-state index contributed by atoms with van der Waals surface area (Å²) in [5.41, 5.74) is -0.446. The van der Waals surface area contributed by atoms with Crippen LogP contribution in [0.3, 0.4) is 0 Å². The topological polar surface area (TPSA) is 104 Å². The predicted molar refractivity (Wildman–Crippen MR) is 223 cm³/mol. The normalized spacial score (nSPS) is 14.9. The minimum atomic E-state index is -4.47. The molecule has 1 aliphatic heterocycles. The lowest BCUT2D eigenvalue weighted by molar-refractivity contribution is -0.152. The van der Waals surface area contributed by atoms with E-state index < -0.39 is 36.0 Å². The summed E-state index contributed by atoms with van der Waals surface area (Å²) >= 11 is 8.57. The van der Waals surface area contributed by atoms with Crippen LogP contribution in [0.25, 0.3) is 41.8 Å². The van der Waals surface area contributed by atoms with Crippen LogP contribution < -0.4 is 14.2 Å². The fourth-order valence-electron chi connectivity index (χ4n) is 7.78. The number of thiophene rings is 1. The van der Waals surface area contributed by atoms with Crippen molar-refractivity contribution in [2.45, 2.75) is 44.7 Å². The Morgan fingerprint density at radius 1 is 0.917 bits per heavy atom. The summed E-state index contributed by atoms with van der Waals surface area (Å²) in [7, 11) is 3.36. The highest BCUT2D eigenvalue weighted by molar-refractivity contribution is 7.26. The van der Waals surface area contributed by atoms with E-state index in [-0.39, 0.29) is 18.2 Å². The molecule has 1 saturated heterocycles. The number of esters is 1. The molecule has 1 fully saturated rings. The van der Waals surface area contributed by atoms with Crippen LogP contribution in [0, 0.1) is 5.82 Å². The largest absolute Gasteiger partial charge is 0.491 e. The first kappa shape index (κ1) is 41.4. The number of aromatic nitrogens is 4. The van der Waals surface area contributed by atoms with Crippen molar-refractivity contribution in [1.82, 2.24) is 29.5 Å². The molecule has 0 spiro atoms. The number of hydrogen-bond donors (Lipinski definition) is 0. The minimum Gasteiger partial charge on any atom is -0.491 e. The zero-order valence-corrected chi connectivity index (χ0v) is 34.8. The minimum absolute atomic E-state index is 0.0931. The van der Waals surface area contributed by atoms with E-state index in [1.807, 2.05) is 6.07 Å². The molecule has 1 unspecified atom stereocenters. The van der Waals surface area contributed by atoms with Gasteiger partial charge in [-0.2, -0.15) is 18.3 Å². The standard InChI is InChI=1S/C43H41ClF4N6O5S/c1-42(2,30-7-5-6-8-31(30)58-22-26-13-14-51-54(26)23-43(46,47)48)38(41(55)56-4)59-39-35-34-28-11-12-32(57-20-19-53-17-15-52(3)16-18-53)36(44)33(28)29-21-25(45)9-10-27(29)37(34)60-40(35)50-24-49-39/h5-14,21,24,38H,15-20,22-23H2,1-4H3. The lowest BCUT2D eigenvalue weighted by atomic mass is 9.78. The Morgan fingerprint density at radius 2 is 1.68 bits per heavy atom. The van der Waals surface area contributed by atoms with Gasteiger partial charge in [-0.1, -0.05) is 49.7 Å². The van der Waals surface area contributed by atoms with Crippen molar-refractivity contribution >= 4 is 70.8 Å². The number of benzene rings is 4. The quantitative estimate of drug-likeness (QED) is 0.0635. The lowest BCUT2D eigenvalue weighted by Gasteiger charge is -2.33. The monoisotopic (exact) mass is 864 g/mol. The van der Waals surface area contributed by atoms with Crippen LogP contribution in [0.1, 0.15) is 25.1 Å². The molecule has 0 saturated carbocycles. The summed E-state index contributed by atoms with van der Waals surface area (Å²) in [5.74, 6) is -0.264. The first-order chi connectivity index (χ1) is 28.7. The van der Waals surface area contributed by atoms with E-state index >= 15 is 4.39 Å². The number of carbonyl (C=O) groups excluding carboxylic acids is 1. The van der Waals surface area contributed by atoms with Crippen LogP contribution >= 0.6 is 22.9 Å². The highest BCUT2D eigenvalue weighted by Crippen LogP contribution is 2.49. The van der Waals surface area contributed by atoms with E-state index in [0.717, 1.165) is 47.5 Å². The molecular weight excluding hydrogens is 824 g/mol. The number of para-hydroxylation sites is 1. The molecule has 0 radical (unpaired) electrons. The third-order valence-electron chi connectivity index (χ3n) is 11.0. The van der Waals surface area contributed by atoms with Crippen LogP contribution in [-0.4, -0.2) is 101 Å². The number of hydrogen-bond acceptors (Lipinski definition) is 11. The van der Waals surface area contributed by atoms with Crippen LogP contribution in [0.15, 0.2) is 73.2 Å². The maximum atomic E-state index is 15.0. The first-order valence-electron chi connectivity index (χ1n) is 19.2. The van der Waals surface area contributed by atoms with Gasteiger partial charge in [0.1, 0.15) is 48.2 Å². The molecule has 4 aromatic carbocycles. The van der Waals surface area contributed by atoms with Gasteiger partial charge in [-0.3, -0.25) is 9.58 Å². The van der Waals surface area contributed by atoms with E-state index in [0.29, 0.717) is 60.5 Å². The molecule has 0 aliphatic carbocycles. The van der Waals surface area contributed by atoms with Gasteiger partial charge in [0.25, 0.3) is 0 Å². The summed E-state index contributed by atoms with van der Waals surface area (Å²) in [6.07, 6.45) is -3.17. The van der Waals surface area contributed by atoms with Gasteiger partial charge in [-0.15, -0.1) is 11.3 Å². The smallest absolute Gasteiger partial charge is 0.408 e. The Labute approximate surface area is 351 Å². The number of alkyl halides is 3. The molecular formula is C43H41ClF4N6O5S. The number of rotatable bonds is 13. The molecule has 60 heavy (non-hydrogen) atoms. The third kappa shape index (κ3) is 8.12. The zero-order valence-electron chi connectivity index (χ0n) is 33.2. The number of likely N-dealkylation sites (N-methyl/N-ethyl adjacent to an activating group) is 1. The van der Waals surface area contributed by atoms with Crippen LogP contribution in [0.5, 0.6) is 17.4 Å². The lowest BCUT2D eigenvalue weighted by Crippen LogP contribution is -2.45. The molecule has 0 amide bonds. The zero-order chi connectivity index (χ0) is 42.3. The highest BCUT2D eigenvalue weighted by atomic mass is 35.5. The predicted octanol–water partition coefficient (Wildman–Crippen LogP) is 8.81. The number of nitrogens with zero attached hydrogens (tertiary/aromatic N) is 6. The Balaban J connectivity index is 1.18. The maximum Gasteiger partial charge on any atom is 0.408 e. The Kier molecular flexibility index (Phi) is 11.5. The van der Waals surface area contributed by atoms with Crippen molar-refractivity contribution in [2.24, 2.45) is 0 Å². The van der Waals surface area contributed by atoms with Gasteiger partial charge in [0.05, 0.1) is 23.2 Å². The number of carbonyl (C=O) groups is 1. The average molecular weight is 865 g/mol. The molecule has 17 heteroatoms. The molecule has 1 aliphatic rings. The molecule has 7 aromatic rings. The van der Waals surface area contributed by atoms with Crippen molar-refractivity contribution in [2.75, 3.05) is 53.5 Å². The molecule has 8 rings (SSSR count). The number of methoxy groups -OCH3 is 1. The van der Waals surface area contributed by atoms with Crippen LogP contribution in [-0.2, 0) is 28.1 Å². The second kappa shape index (κ2) is 16.6. The van der Waals surface area contributed by atoms with Gasteiger partial charge < -0.3 is 23.8 Å². The Bertz CT molecular complexity index is 2720. The van der Waals surface area contributed by atoms with Crippen molar-refractivity contribution in [3.8, 4) is 17.4 Å². The molecule has 314 valence electrons. The Morgan fingerprint density at radius 3 is 2.45 bits per heavy atom. The third-order valence-corrected chi connectivity index (χ3v) is 12.5. The van der Waals surface area contributed by atoms with E-state index in [4.69, 9.17) is 30.5 Å². The van der Waals surface area contributed by atoms with Crippen molar-refractivity contribution in [3.63, 3.8) is 0 Å². The summed E-state index contributed by atoms with van der Waals surface area (Å²) in [4.78, 5) is 28.1. The van der Waals surface area contributed by atoms with Crippen molar-refractivity contribution in [1.29, 1.82) is 0 Å². The molecule has 0 N–H and O–H groups in total. The molecule has 4 heterocycles. The van der Waals surface area contributed by atoms with Gasteiger partial charge in [-0.25, -0.2) is 19.2 Å². The van der Waals surface area contributed by atoms with E-state index in [1.54, 1.807) is 50.2 Å². The van der Waals surface area contributed by atoms with Crippen molar-refractivity contribution < 1.29 is 41.3 Å². The van der Waals surface area contributed by atoms with Gasteiger partial charge in [0.15, 0.2) is 0 Å². The SMILES string of the molecule is COC(=O)C(Oc1ncnc2sc3c4ccc(F)cc4c4c(Cl)c(OCCN5CCN(C)CC5)ccc4c3c12)C(C)(C)c1ccccc1OCc1ccnn1CC(F)(F)F. The summed E-state index contributed by atoms with van der Waals surface area (Å²) in [6, 6.07) is 16.6. The number of fused-ring (bicyclic) bond motifs is 8. The maximum absolute atomic E-state index is 15.0. The molecule has 0 bridgehead atoms. The second-order valence-electron chi connectivity index (χ2n) is 15.3. The van der Waals surface area contributed by atoms with Gasteiger partial charge in [-0.05, 0) is 54.2 Å². The number of ether oxygens (including phenoxy) is 4. The number of halogens is 5. The number of piperazine rings is 1. The van der Waals surface area contributed by atoms with Gasteiger partial charge >= 0.3 is 12.1 Å². The summed E-state index contributed by atoms with van der Waals surface area (Å²) in [5, 5.41) is 7.94. The average Bonchev–Trinajstić information content (AvgIpc) is 3.84. The molecule has 3 aromatic heterocycles. The first-order valence-corrected chi connectivity index (χ1v) is 20.4. The van der Waals surface area contributed by atoms with Gasteiger partial charge in [0, 0.05) is 70.8 Å². The van der Waals surface area contributed by atoms with E-state index in [1.165, 1.54) is 49.2 Å². The highest BCUT2D eigenvalue weighted by Gasteiger charge is 2.42. The fraction of sp³-hybridized carbons (Fsp3) is 0.349. The van der Waals surface area contributed by atoms with Gasteiger partial charge in [0.2, 0.25) is 12.0 Å². The van der Waals surface area contributed by atoms with E-state index in [2.05, 4.69) is 31.9 Å². The Hall–Kier alpha value is -5.29. The molecule has 1 atom stereocenters. The van der Waals surface area contributed by atoms with Crippen LogP contribution in [0.2, 0.25) is 5.02 Å². The molecule has 11 nitrogen and oxygen atoms in total. The van der Waals surface area contributed by atoms with Crippen molar-refractivity contribution in [3.05, 3.63) is 95.3 Å². The second-order valence-corrected chi connectivity index (χ2v) is 16.6. The van der Waals surface area contributed by atoms with E-state index in [9.17, 15) is 18.0 Å².